The molecule has 2 fully saturated rings. The maximum absolute atomic E-state index is 6.75. The second-order valence-corrected chi connectivity index (χ2v) is 7.81. The zero-order valence-electron chi connectivity index (χ0n) is 14.8. The van der Waals surface area contributed by atoms with Gasteiger partial charge in [0, 0.05) is 11.9 Å². The largest absolute Gasteiger partial charge is 0.492 e. The third-order valence-corrected chi connectivity index (χ3v) is 6.01. The van der Waals surface area contributed by atoms with Gasteiger partial charge in [0.05, 0.1) is 19.3 Å². The highest BCUT2D eigenvalue weighted by molar-refractivity contribution is 6.20. The highest BCUT2D eigenvalue weighted by atomic mass is 35.5. The summed E-state index contributed by atoms with van der Waals surface area (Å²) < 4.78 is 11.7. The van der Waals surface area contributed by atoms with E-state index in [4.69, 9.17) is 21.1 Å². The minimum absolute atomic E-state index is 0.218. The number of hydrogen-bond acceptors (Lipinski definition) is 3. The Labute approximate surface area is 151 Å². The predicted molar refractivity (Wildman–Crippen MR) is 99.1 cm³/mol. The fourth-order valence-corrected chi connectivity index (χ4v) is 4.20. The Balaban J connectivity index is 1.57. The van der Waals surface area contributed by atoms with Crippen molar-refractivity contribution in [3.63, 3.8) is 0 Å². The van der Waals surface area contributed by atoms with Crippen LogP contribution in [-0.2, 0) is 11.2 Å². The number of ether oxygens (including phenoxy) is 2. The van der Waals surface area contributed by atoms with Gasteiger partial charge in [-0.1, -0.05) is 37.5 Å². The third kappa shape index (κ3) is 4.87. The van der Waals surface area contributed by atoms with Crippen LogP contribution in [0.4, 0.5) is 0 Å². The van der Waals surface area contributed by atoms with Crippen LogP contribution in [0.2, 0.25) is 0 Å². The fraction of sp³-hybridized carbons (Fsp3) is 0.700. The van der Waals surface area contributed by atoms with Gasteiger partial charge >= 0.3 is 0 Å². The number of likely N-dealkylation sites (N-methyl/N-ethyl adjacent to an activating group) is 1. The van der Waals surface area contributed by atoms with Crippen LogP contribution in [0.1, 0.15) is 37.7 Å². The standard InChI is InChI=1S/C20H30ClNO2/c1-22-11-12-23-14-18(22)15-24-20-10-6-5-9-17(20)13-19(21)16-7-3-2-4-8-16/h5-6,9-10,16,18-19H,2-4,7-8,11-15H2,1H3. The maximum Gasteiger partial charge on any atom is 0.122 e. The molecule has 0 aromatic heterocycles. The second kappa shape index (κ2) is 9.07. The van der Waals surface area contributed by atoms with E-state index in [0.717, 1.165) is 31.9 Å². The Morgan fingerprint density at radius 3 is 2.83 bits per heavy atom. The van der Waals surface area contributed by atoms with E-state index in [1.54, 1.807) is 0 Å². The molecule has 2 aliphatic rings. The second-order valence-electron chi connectivity index (χ2n) is 7.25. The third-order valence-electron chi connectivity index (χ3n) is 5.50. The average Bonchev–Trinajstić information content (AvgIpc) is 2.63. The molecular weight excluding hydrogens is 322 g/mol. The molecule has 0 amide bonds. The number of morpholine rings is 1. The zero-order chi connectivity index (χ0) is 16.8. The highest BCUT2D eigenvalue weighted by Crippen LogP contribution is 2.32. The number of halogens is 1. The summed E-state index contributed by atoms with van der Waals surface area (Å²) in [5.74, 6) is 1.64. The summed E-state index contributed by atoms with van der Waals surface area (Å²) in [6, 6.07) is 8.70. The number of benzene rings is 1. The van der Waals surface area contributed by atoms with Crippen LogP contribution >= 0.6 is 11.6 Å². The summed E-state index contributed by atoms with van der Waals surface area (Å²) in [6.07, 6.45) is 7.50. The van der Waals surface area contributed by atoms with Gasteiger partial charge in [0.25, 0.3) is 0 Å². The SMILES string of the molecule is CN1CCOCC1COc1ccccc1CC(Cl)C1CCCCC1. The first-order chi connectivity index (χ1) is 11.7. The zero-order valence-corrected chi connectivity index (χ0v) is 15.5. The lowest BCUT2D eigenvalue weighted by atomic mass is 9.85. The van der Waals surface area contributed by atoms with Crippen molar-refractivity contribution in [2.45, 2.75) is 49.9 Å². The Kier molecular flexibility index (Phi) is 6.82. The van der Waals surface area contributed by atoms with Gasteiger partial charge < -0.3 is 9.47 Å². The van der Waals surface area contributed by atoms with E-state index in [1.807, 2.05) is 6.07 Å². The minimum Gasteiger partial charge on any atom is -0.492 e. The van der Waals surface area contributed by atoms with Crippen LogP contribution < -0.4 is 4.74 Å². The van der Waals surface area contributed by atoms with Gasteiger partial charge in [-0.2, -0.15) is 0 Å². The molecule has 1 aliphatic heterocycles. The van der Waals surface area contributed by atoms with E-state index in [9.17, 15) is 0 Å². The summed E-state index contributed by atoms with van der Waals surface area (Å²) in [5, 5.41) is 0.218. The van der Waals surface area contributed by atoms with Crippen LogP contribution in [0.3, 0.4) is 0 Å². The molecule has 1 aromatic carbocycles. The number of hydrogen-bond donors (Lipinski definition) is 0. The van der Waals surface area contributed by atoms with Crippen molar-refractivity contribution < 1.29 is 9.47 Å². The van der Waals surface area contributed by atoms with Crippen molar-refractivity contribution in [2.75, 3.05) is 33.4 Å². The smallest absolute Gasteiger partial charge is 0.122 e. The van der Waals surface area contributed by atoms with E-state index >= 15 is 0 Å². The lowest BCUT2D eigenvalue weighted by Gasteiger charge is -2.32. The summed E-state index contributed by atoms with van der Waals surface area (Å²) in [4.78, 5) is 2.32. The molecule has 3 rings (SSSR count). The van der Waals surface area contributed by atoms with Crippen molar-refractivity contribution >= 4 is 11.6 Å². The van der Waals surface area contributed by atoms with Crippen LogP contribution in [0.25, 0.3) is 0 Å². The van der Waals surface area contributed by atoms with E-state index in [-0.39, 0.29) is 5.38 Å². The molecule has 1 saturated heterocycles. The number of nitrogens with zero attached hydrogens (tertiary/aromatic N) is 1. The molecule has 4 heteroatoms. The van der Waals surface area contributed by atoms with Crippen molar-refractivity contribution in [1.82, 2.24) is 4.90 Å². The predicted octanol–water partition coefficient (Wildman–Crippen LogP) is 4.13. The van der Waals surface area contributed by atoms with Crippen molar-refractivity contribution in [2.24, 2.45) is 5.92 Å². The molecule has 0 bridgehead atoms. The van der Waals surface area contributed by atoms with E-state index in [2.05, 4.69) is 30.1 Å². The minimum atomic E-state index is 0.218. The topological polar surface area (TPSA) is 21.7 Å². The van der Waals surface area contributed by atoms with Crippen LogP contribution in [0.15, 0.2) is 24.3 Å². The normalized spacial score (nSPS) is 24.7. The maximum atomic E-state index is 6.75. The summed E-state index contributed by atoms with van der Waals surface area (Å²) >= 11 is 6.75. The molecule has 2 atom stereocenters. The monoisotopic (exact) mass is 351 g/mol. The lowest BCUT2D eigenvalue weighted by molar-refractivity contribution is -0.0109. The summed E-state index contributed by atoms with van der Waals surface area (Å²) in [6.45, 7) is 3.21. The van der Waals surface area contributed by atoms with Crippen molar-refractivity contribution in [3.05, 3.63) is 29.8 Å². The molecule has 0 N–H and O–H groups in total. The molecule has 134 valence electrons. The van der Waals surface area contributed by atoms with E-state index in [1.165, 1.54) is 37.7 Å². The van der Waals surface area contributed by atoms with Crippen LogP contribution in [0.5, 0.6) is 5.75 Å². The molecule has 1 aliphatic carbocycles. The Bertz CT molecular complexity index is 504. The summed E-state index contributed by atoms with van der Waals surface area (Å²) in [5.41, 5.74) is 1.24. The first-order valence-corrected chi connectivity index (χ1v) is 9.80. The quantitative estimate of drug-likeness (QED) is 0.719. The number of para-hydroxylation sites is 1. The Morgan fingerprint density at radius 1 is 1.25 bits per heavy atom. The molecular formula is C20H30ClNO2. The van der Waals surface area contributed by atoms with Gasteiger partial charge in [0.2, 0.25) is 0 Å². The van der Waals surface area contributed by atoms with Gasteiger partial charge in [0.1, 0.15) is 12.4 Å². The molecule has 24 heavy (non-hydrogen) atoms. The lowest BCUT2D eigenvalue weighted by Crippen LogP contribution is -2.46. The first kappa shape index (κ1) is 18.0. The van der Waals surface area contributed by atoms with Gasteiger partial charge in [-0.3, -0.25) is 4.90 Å². The van der Waals surface area contributed by atoms with Gasteiger partial charge in [0.15, 0.2) is 0 Å². The molecule has 0 radical (unpaired) electrons. The van der Waals surface area contributed by atoms with Crippen molar-refractivity contribution in [3.8, 4) is 5.75 Å². The molecule has 2 unspecified atom stereocenters. The Morgan fingerprint density at radius 2 is 2.04 bits per heavy atom. The van der Waals surface area contributed by atoms with E-state index in [0.29, 0.717) is 18.6 Å². The van der Waals surface area contributed by atoms with Gasteiger partial charge in [-0.05, 0) is 43.9 Å². The molecule has 1 heterocycles. The summed E-state index contributed by atoms with van der Waals surface area (Å²) in [7, 11) is 2.14. The van der Waals surface area contributed by atoms with E-state index < -0.39 is 0 Å². The Hall–Kier alpha value is -0.770. The van der Waals surface area contributed by atoms with Crippen LogP contribution in [0, 0.1) is 5.92 Å². The molecule has 0 spiro atoms. The highest BCUT2D eigenvalue weighted by Gasteiger charge is 2.24. The number of rotatable bonds is 6. The molecule has 1 aromatic rings. The fourth-order valence-electron chi connectivity index (χ4n) is 3.78. The van der Waals surface area contributed by atoms with Crippen LogP contribution in [-0.4, -0.2) is 49.7 Å². The van der Waals surface area contributed by atoms with Gasteiger partial charge in [-0.15, -0.1) is 11.6 Å². The molecule has 1 saturated carbocycles. The van der Waals surface area contributed by atoms with Crippen molar-refractivity contribution in [1.29, 1.82) is 0 Å². The first-order valence-electron chi connectivity index (χ1n) is 9.37. The average molecular weight is 352 g/mol. The molecule has 3 nitrogen and oxygen atoms in total. The number of alkyl halides is 1. The van der Waals surface area contributed by atoms with Gasteiger partial charge in [-0.25, -0.2) is 0 Å².